The third-order valence-electron chi connectivity index (χ3n) is 1.73. The van der Waals surface area contributed by atoms with Crippen molar-refractivity contribution in [3.05, 3.63) is 0 Å². The number of hydrogen-bond donors (Lipinski definition) is 5. The smallest absolute Gasteiger partial charge is 0.332 e. The number of amides is 1. The van der Waals surface area contributed by atoms with Gasteiger partial charge in [0, 0.05) is 13.0 Å². The molecule has 8 nitrogen and oxygen atoms in total. The lowest BCUT2D eigenvalue weighted by Gasteiger charge is -2.05. The monoisotopic (exact) mass is 264 g/mol. The van der Waals surface area contributed by atoms with E-state index in [0.717, 1.165) is 0 Å². The van der Waals surface area contributed by atoms with Crippen LogP contribution in [0.4, 0.5) is 0 Å². The summed E-state index contributed by atoms with van der Waals surface area (Å²) >= 11 is 0. The zero-order valence-corrected chi connectivity index (χ0v) is 10.4. The van der Waals surface area contributed by atoms with Crippen molar-refractivity contribution >= 4 is 17.8 Å². The molecule has 106 valence electrons. The molecular weight excluding hydrogens is 244 g/mol. The minimum absolute atomic E-state index is 0.158. The number of carboxylic acid groups (broad SMARTS) is 2. The number of rotatable bonds is 6. The number of carboxylic acids is 2. The van der Waals surface area contributed by atoms with Crippen LogP contribution in [0.3, 0.4) is 0 Å². The number of aliphatic carboxylic acids is 2. The van der Waals surface area contributed by atoms with E-state index < -0.39 is 24.1 Å². The fraction of sp³-hybridized carbons (Fsp3) is 0.700. The van der Waals surface area contributed by atoms with Crippen LogP contribution in [-0.4, -0.2) is 51.9 Å². The van der Waals surface area contributed by atoms with E-state index in [2.05, 4.69) is 5.32 Å². The number of aliphatic hydroxyl groups is 1. The molecule has 1 amide bonds. The Morgan fingerprint density at radius 1 is 1.22 bits per heavy atom. The summed E-state index contributed by atoms with van der Waals surface area (Å²) in [5.41, 5.74) is 5.18. The zero-order chi connectivity index (χ0) is 14.7. The summed E-state index contributed by atoms with van der Waals surface area (Å²) in [6, 6.07) is -0.937. The highest BCUT2D eigenvalue weighted by Gasteiger charge is 2.12. The minimum atomic E-state index is -1.23. The number of nitrogens with one attached hydrogen (secondary N) is 1. The molecule has 1 unspecified atom stereocenters. The molecule has 2 atom stereocenters. The molecule has 0 heterocycles. The maximum absolute atomic E-state index is 10.8. The molecule has 0 spiro atoms. The van der Waals surface area contributed by atoms with Gasteiger partial charge in [-0.15, -0.1) is 0 Å². The van der Waals surface area contributed by atoms with Gasteiger partial charge >= 0.3 is 11.9 Å². The Labute approximate surface area is 105 Å². The van der Waals surface area contributed by atoms with E-state index in [1.54, 1.807) is 6.92 Å². The van der Waals surface area contributed by atoms with Crippen LogP contribution < -0.4 is 11.1 Å². The number of hydrogen-bond acceptors (Lipinski definition) is 5. The van der Waals surface area contributed by atoms with E-state index in [1.807, 2.05) is 0 Å². The molecule has 0 aliphatic rings. The summed E-state index contributed by atoms with van der Waals surface area (Å²) in [4.78, 5) is 30.5. The fourth-order valence-electron chi connectivity index (χ4n) is 0.696. The first-order valence-electron chi connectivity index (χ1n) is 5.38. The second-order valence-electron chi connectivity index (χ2n) is 3.45. The van der Waals surface area contributed by atoms with Gasteiger partial charge in [-0.25, -0.2) is 4.79 Å². The van der Waals surface area contributed by atoms with Crippen molar-refractivity contribution in [1.29, 1.82) is 0 Å². The maximum atomic E-state index is 10.8. The van der Waals surface area contributed by atoms with Gasteiger partial charge in [0.25, 0.3) is 0 Å². The second kappa shape index (κ2) is 10.5. The highest BCUT2D eigenvalue weighted by Crippen LogP contribution is 1.94. The largest absolute Gasteiger partial charge is 0.480 e. The van der Waals surface area contributed by atoms with Crippen LogP contribution in [0.1, 0.15) is 26.7 Å². The van der Waals surface area contributed by atoms with Gasteiger partial charge in [-0.2, -0.15) is 0 Å². The Morgan fingerprint density at radius 3 is 1.94 bits per heavy atom. The van der Waals surface area contributed by atoms with Crippen LogP contribution in [0, 0.1) is 0 Å². The summed E-state index contributed by atoms with van der Waals surface area (Å²) in [5.74, 6) is -2.41. The molecule has 0 rings (SSSR count). The van der Waals surface area contributed by atoms with Crippen LogP contribution in [0.5, 0.6) is 0 Å². The first-order valence-corrected chi connectivity index (χ1v) is 5.38. The van der Waals surface area contributed by atoms with Gasteiger partial charge in [-0.1, -0.05) is 0 Å². The van der Waals surface area contributed by atoms with Gasteiger partial charge < -0.3 is 26.4 Å². The second-order valence-corrected chi connectivity index (χ2v) is 3.45. The van der Waals surface area contributed by atoms with Gasteiger partial charge in [-0.3, -0.25) is 9.59 Å². The van der Waals surface area contributed by atoms with Gasteiger partial charge in [0.05, 0.1) is 0 Å². The molecule has 8 heteroatoms. The number of carbonyl (C=O) groups is 3. The van der Waals surface area contributed by atoms with Crippen molar-refractivity contribution in [3.8, 4) is 0 Å². The van der Waals surface area contributed by atoms with Gasteiger partial charge in [0.2, 0.25) is 5.91 Å². The summed E-state index contributed by atoms with van der Waals surface area (Å²) in [6.07, 6.45) is -0.882. The van der Waals surface area contributed by atoms with Crippen LogP contribution in [0.25, 0.3) is 0 Å². The predicted octanol–water partition coefficient (Wildman–Crippen LogP) is -1.23. The zero-order valence-electron chi connectivity index (χ0n) is 10.4. The average Bonchev–Trinajstić information content (AvgIpc) is 2.26. The molecule has 18 heavy (non-hydrogen) atoms. The Balaban J connectivity index is 0. The molecule has 0 aromatic rings. The molecular formula is C10H20N2O6. The highest BCUT2D eigenvalue weighted by molar-refractivity contribution is 5.78. The summed E-state index contributed by atoms with van der Waals surface area (Å²) in [5, 5.41) is 26.7. The van der Waals surface area contributed by atoms with Gasteiger partial charge in [0.1, 0.15) is 12.1 Å². The first-order chi connectivity index (χ1) is 8.22. The molecule has 0 fully saturated rings. The van der Waals surface area contributed by atoms with E-state index in [1.165, 1.54) is 6.92 Å². The standard InChI is InChI=1S/C7H14N2O3.C3H6O3/c1-2-9-6(10)4-3-5(8)7(11)12;1-2(4)3(5)6/h5H,2-4,8H2,1H3,(H,9,10)(H,11,12);2,4H,1H3,(H,5,6)/t5-;/m0./s1. The summed E-state index contributed by atoms with van der Waals surface area (Å²) in [6.45, 7) is 3.55. The molecule has 0 saturated heterocycles. The van der Waals surface area contributed by atoms with E-state index in [9.17, 15) is 14.4 Å². The van der Waals surface area contributed by atoms with Gasteiger partial charge in [-0.05, 0) is 20.3 Å². The van der Waals surface area contributed by atoms with E-state index >= 15 is 0 Å². The minimum Gasteiger partial charge on any atom is -0.480 e. The van der Waals surface area contributed by atoms with Crippen molar-refractivity contribution in [2.75, 3.05) is 6.54 Å². The fourth-order valence-corrected chi connectivity index (χ4v) is 0.696. The van der Waals surface area contributed by atoms with Crippen LogP contribution in [0.2, 0.25) is 0 Å². The third-order valence-corrected chi connectivity index (χ3v) is 1.73. The number of aliphatic hydroxyl groups excluding tert-OH is 1. The lowest BCUT2D eigenvalue weighted by atomic mass is 10.1. The summed E-state index contributed by atoms with van der Waals surface area (Å²) in [7, 11) is 0. The maximum Gasteiger partial charge on any atom is 0.332 e. The van der Waals surface area contributed by atoms with Crippen LogP contribution >= 0.6 is 0 Å². The lowest BCUT2D eigenvalue weighted by Crippen LogP contribution is -2.32. The Morgan fingerprint density at radius 2 is 1.67 bits per heavy atom. The van der Waals surface area contributed by atoms with Crippen molar-refractivity contribution in [1.82, 2.24) is 5.32 Å². The Hall–Kier alpha value is -1.67. The van der Waals surface area contributed by atoms with Crippen molar-refractivity contribution < 1.29 is 29.7 Å². The van der Waals surface area contributed by atoms with Crippen molar-refractivity contribution in [3.63, 3.8) is 0 Å². The first kappa shape index (κ1) is 18.7. The highest BCUT2D eigenvalue weighted by atomic mass is 16.4. The van der Waals surface area contributed by atoms with E-state index in [4.69, 9.17) is 21.1 Å². The SMILES string of the molecule is CC(O)C(=O)O.CCNC(=O)CC[C@H](N)C(=O)O. The number of carbonyl (C=O) groups excluding carboxylic acids is 1. The molecule has 0 aliphatic carbocycles. The molecule has 0 saturated carbocycles. The van der Waals surface area contributed by atoms with Crippen LogP contribution in [-0.2, 0) is 14.4 Å². The molecule has 0 aliphatic heterocycles. The molecule has 0 aromatic heterocycles. The Kier molecular flexibility index (Phi) is 10.9. The average molecular weight is 264 g/mol. The predicted molar refractivity (Wildman–Crippen MR) is 62.8 cm³/mol. The van der Waals surface area contributed by atoms with E-state index in [0.29, 0.717) is 6.54 Å². The van der Waals surface area contributed by atoms with Crippen molar-refractivity contribution in [2.24, 2.45) is 5.73 Å². The molecule has 6 N–H and O–H groups in total. The van der Waals surface area contributed by atoms with Crippen molar-refractivity contribution in [2.45, 2.75) is 38.8 Å². The molecule has 0 radical (unpaired) electrons. The molecule has 0 bridgehead atoms. The van der Waals surface area contributed by atoms with Gasteiger partial charge in [0.15, 0.2) is 0 Å². The Bertz CT molecular complexity index is 280. The lowest BCUT2D eigenvalue weighted by molar-refractivity contribution is -0.145. The third kappa shape index (κ3) is 12.4. The number of nitrogens with two attached hydrogens (primary N) is 1. The summed E-state index contributed by atoms with van der Waals surface area (Å²) < 4.78 is 0. The topological polar surface area (TPSA) is 150 Å². The molecule has 0 aromatic carbocycles. The normalized spacial score (nSPS) is 12.7. The van der Waals surface area contributed by atoms with Crippen LogP contribution in [0.15, 0.2) is 0 Å². The van der Waals surface area contributed by atoms with E-state index in [-0.39, 0.29) is 18.7 Å². The quantitative estimate of drug-likeness (QED) is 0.403.